The molecule has 0 saturated heterocycles. The van der Waals surface area contributed by atoms with Crippen molar-refractivity contribution in [1.29, 1.82) is 0 Å². The Morgan fingerprint density at radius 1 is 1.17 bits per heavy atom. The fourth-order valence-electron chi connectivity index (χ4n) is 2.57. The summed E-state index contributed by atoms with van der Waals surface area (Å²) in [6.45, 7) is 4.03. The van der Waals surface area contributed by atoms with E-state index in [2.05, 4.69) is 20.5 Å². The molecular weight excluding hydrogens is 302 g/mol. The number of anilines is 1. The van der Waals surface area contributed by atoms with Crippen molar-refractivity contribution in [1.82, 2.24) is 19.7 Å². The summed E-state index contributed by atoms with van der Waals surface area (Å²) in [6.07, 6.45) is 4.24. The minimum Gasteiger partial charge on any atom is -0.346 e. The van der Waals surface area contributed by atoms with E-state index in [0.717, 1.165) is 11.4 Å². The predicted octanol–water partition coefficient (Wildman–Crippen LogP) is 3.35. The number of benzene rings is 1. The van der Waals surface area contributed by atoms with Gasteiger partial charge in [-0.05, 0) is 17.7 Å². The maximum Gasteiger partial charge on any atom is 0.248 e. The highest BCUT2D eigenvalue weighted by Gasteiger charge is 2.18. The second kappa shape index (κ2) is 7.12. The van der Waals surface area contributed by atoms with E-state index in [1.807, 2.05) is 73.3 Å². The normalized spacial score (nSPS) is 12.3. The number of hydrogen-bond donors (Lipinski definition) is 2. The molecule has 2 aromatic heterocycles. The molecule has 0 bridgehead atoms. The summed E-state index contributed by atoms with van der Waals surface area (Å²) in [5, 5.41) is 9.66. The Morgan fingerprint density at radius 3 is 2.50 bits per heavy atom. The summed E-state index contributed by atoms with van der Waals surface area (Å²) < 4.78 is 2.03. The highest BCUT2D eigenvalue weighted by Crippen LogP contribution is 2.22. The van der Waals surface area contributed by atoms with Crippen molar-refractivity contribution >= 4 is 11.9 Å². The van der Waals surface area contributed by atoms with E-state index in [-0.39, 0.29) is 17.9 Å². The minimum atomic E-state index is -0.119. The Kier molecular flexibility index (Phi) is 4.74. The largest absolute Gasteiger partial charge is 0.346 e. The molecule has 0 aliphatic rings. The second-order valence-electron chi connectivity index (χ2n) is 6.01. The Balaban J connectivity index is 1.74. The summed E-state index contributed by atoms with van der Waals surface area (Å²) in [4.78, 5) is 16.7. The molecule has 6 nitrogen and oxygen atoms in total. The molecule has 1 aromatic carbocycles. The molecule has 2 N–H and O–H groups in total. The van der Waals surface area contributed by atoms with Crippen LogP contribution in [-0.4, -0.2) is 25.7 Å². The van der Waals surface area contributed by atoms with Gasteiger partial charge < -0.3 is 4.57 Å². The lowest BCUT2D eigenvalue weighted by Gasteiger charge is -2.18. The van der Waals surface area contributed by atoms with E-state index in [1.54, 1.807) is 0 Å². The molecular formula is C18H21N5O. The zero-order chi connectivity index (χ0) is 16.9. The van der Waals surface area contributed by atoms with Crippen LogP contribution in [0.3, 0.4) is 0 Å². The van der Waals surface area contributed by atoms with E-state index in [9.17, 15) is 4.79 Å². The zero-order valence-electron chi connectivity index (χ0n) is 13.8. The van der Waals surface area contributed by atoms with Gasteiger partial charge in [0, 0.05) is 18.3 Å². The standard InChI is InChI=1S/C18H21N5O/c1-13(2)17-20-18(22-21-17)19-16(24)12-15(23-10-6-7-11-23)14-8-4-3-5-9-14/h3-11,13,15H,12H2,1-2H3,(H2,19,20,21,22,24)/t15-/m0/s1. The van der Waals surface area contributed by atoms with Crippen molar-refractivity contribution in [3.63, 3.8) is 0 Å². The highest BCUT2D eigenvalue weighted by atomic mass is 16.1. The minimum absolute atomic E-state index is 0.0651. The molecule has 0 saturated carbocycles. The molecule has 6 heteroatoms. The van der Waals surface area contributed by atoms with Crippen LogP contribution in [0, 0.1) is 0 Å². The molecule has 3 aromatic rings. The number of amides is 1. The topological polar surface area (TPSA) is 75.6 Å². The maximum absolute atomic E-state index is 12.5. The molecule has 0 fully saturated rings. The molecule has 1 atom stereocenters. The first-order valence-electron chi connectivity index (χ1n) is 8.03. The summed E-state index contributed by atoms with van der Waals surface area (Å²) >= 11 is 0. The molecule has 0 unspecified atom stereocenters. The first-order valence-corrected chi connectivity index (χ1v) is 8.03. The van der Waals surface area contributed by atoms with E-state index in [0.29, 0.717) is 12.4 Å². The average molecular weight is 323 g/mol. The molecule has 0 aliphatic carbocycles. The monoisotopic (exact) mass is 323 g/mol. The van der Waals surface area contributed by atoms with Crippen molar-refractivity contribution in [2.45, 2.75) is 32.2 Å². The molecule has 2 heterocycles. The number of carbonyl (C=O) groups excluding carboxylic acids is 1. The van der Waals surface area contributed by atoms with Crippen LogP contribution in [0.4, 0.5) is 5.95 Å². The fourth-order valence-corrected chi connectivity index (χ4v) is 2.57. The van der Waals surface area contributed by atoms with Gasteiger partial charge in [-0.1, -0.05) is 44.2 Å². The number of hydrogen-bond acceptors (Lipinski definition) is 3. The molecule has 0 aliphatic heterocycles. The van der Waals surface area contributed by atoms with Gasteiger partial charge >= 0.3 is 0 Å². The van der Waals surface area contributed by atoms with Crippen molar-refractivity contribution in [3.05, 3.63) is 66.2 Å². The van der Waals surface area contributed by atoms with Crippen LogP contribution in [0.2, 0.25) is 0 Å². The van der Waals surface area contributed by atoms with Gasteiger partial charge in [-0.3, -0.25) is 15.2 Å². The van der Waals surface area contributed by atoms with Gasteiger partial charge in [-0.2, -0.15) is 4.98 Å². The maximum atomic E-state index is 12.5. The Bertz CT molecular complexity index is 777. The predicted molar refractivity (Wildman–Crippen MR) is 92.7 cm³/mol. The molecule has 0 spiro atoms. The van der Waals surface area contributed by atoms with Crippen LogP contribution in [0.1, 0.15) is 43.6 Å². The van der Waals surface area contributed by atoms with Gasteiger partial charge in [-0.15, -0.1) is 5.10 Å². The lowest BCUT2D eigenvalue weighted by atomic mass is 10.0. The van der Waals surface area contributed by atoms with E-state index < -0.39 is 0 Å². The smallest absolute Gasteiger partial charge is 0.248 e. The van der Waals surface area contributed by atoms with Crippen LogP contribution in [0.5, 0.6) is 0 Å². The lowest BCUT2D eigenvalue weighted by molar-refractivity contribution is -0.116. The summed E-state index contributed by atoms with van der Waals surface area (Å²) in [7, 11) is 0. The number of aromatic amines is 1. The van der Waals surface area contributed by atoms with Crippen molar-refractivity contribution in [2.75, 3.05) is 5.32 Å². The SMILES string of the molecule is CC(C)c1nc(NC(=O)C[C@@H](c2ccccc2)n2cccc2)n[nH]1. The summed E-state index contributed by atoms with van der Waals surface area (Å²) in [5.41, 5.74) is 1.08. The third-order valence-electron chi connectivity index (χ3n) is 3.85. The number of carbonyl (C=O) groups is 1. The number of H-pyrrole nitrogens is 1. The third kappa shape index (κ3) is 3.71. The number of rotatable bonds is 6. The van der Waals surface area contributed by atoms with Crippen LogP contribution in [-0.2, 0) is 4.79 Å². The van der Waals surface area contributed by atoms with Gasteiger partial charge in [0.1, 0.15) is 5.82 Å². The Hall–Kier alpha value is -2.89. The van der Waals surface area contributed by atoms with Crippen LogP contribution in [0.15, 0.2) is 54.9 Å². The van der Waals surface area contributed by atoms with E-state index >= 15 is 0 Å². The Labute approximate surface area is 140 Å². The number of nitrogens with one attached hydrogen (secondary N) is 2. The number of nitrogens with zero attached hydrogens (tertiary/aromatic N) is 3. The quantitative estimate of drug-likeness (QED) is 0.730. The van der Waals surface area contributed by atoms with Gasteiger partial charge in [0.15, 0.2) is 0 Å². The first-order chi connectivity index (χ1) is 11.6. The molecule has 1 amide bonds. The molecule has 124 valence electrons. The van der Waals surface area contributed by atoms with E-state index in [4.69, 9.17) is 0 Å². The third-order valence-corrected chi connectivity index (χ3v) is 3.85. The van der Waals surface area contributed by atoms with Gasteiger partial charge in [-0.25, -0.2) is 0 Å². The van der Waals surface area contributed by atoms with Crippen LogP contribution < -0.4 is 5.32 Å². The number of aromatic nitrogens is 4. The lowest BCUT2D eigenvalue weighted by Crippen LogP contribution is -2.20. The van der Waals surface area contributed by atoms with Crippen molar-refractivity contribution in [3.8, 4) is 0 Å². The first kappa shape index (κ1) is 16.0. The average Bonchev–Trinajstić information content (AvgIpc) is 3.25. The van der Waals surface area contributed by atoms with Crippen LogP contribution in [0.25, 0.3) is 0 Å². The van der Waals surface area contributed by atoms with Crippen molar-refractivity contribution < 1.29 is 4.79 Å². The van der Waals surface area contributed by atoms with Gasteiger partial charge in [0.25, 0.3) is 0 Å². The Morgan fingerprint density at radius 2 is 1.88 bits per heavy atom. The molecule has 3 rings (SSSR count). The zero-order valence-corrected chi connectivity index (χ0v) is 13.8. The van der Waals surface area contributed by atoms with Crippen molar-refractivity contribution in [2.24, 2.45) is 0 Å². The van der Waals surface area contributed by atoms with Gasteiger partial charge in [0.2, 0.25) is 11.9 Å². The molecule has 0 radical (unpaired) electrons. The van der Waals surface area contributed by atoms with E-state index in [1.165, 1.54) is 0 Å². The molecule has 24 heavy (non-hydrogen) atoms. The second-order valence-corrected chi connectivity index (χ2v) is 6.01. The summed E-state index contributed by atoms with van der Waals surface area (Å²) in [5.74, 6) is 1.20. The van der Waals surface area contributed by atoms with Gasteiger partial charge in [0.05, 0.1) is 12.5 Å². The summed E-state index contributed by atoms with van der Waals surface area (Å²) in [6, 6.07) is 13.8. The van der Waals surface area contributed by atoms with Crippen LogP contribution >= 0.6 is 0 Å². The highest BCUT2D eigenvalue weighted by molar-refractivity contribution is 5.89. The fraction of sp³-hybridized carbons (Fsp3) is 0.278.